The Balaban J connectivity index is 1.63. The molecule has 6 nitrogen and oxygen atoms in total. The number of hydrogen-bond acceptors (Lipinski definition) is 5. The van der Waals surface area contributed by atoms with E-state index in [1.165, 1.54) is 10.7 Å². The molecule has 4 rings (SSSR count). The van der Waals surface area contributed by atoms with Gasteiger partial charge in [0.25, 0.3) is 5.56 Å². The quantitative estimate of drug-likeness (QED) is 0.575. The monoisotopic (exact) mass is 330 g/mol. The van der Waals surface area contributed by atoms with E-state index in [1.54, 1.807) is 6.07 Å². The summed E-state index contributed by atoms with van der Waals surface area (Å²) in [6.45, 7) is 0.124. The second kappa shape index (κ2) is 6.52. The van der Waals surface area contributed by atoms with Gasteiger partial charge in [-0.05, 0) is 6.07 Å². The number of aromatic nitrogens is 4. The minimum atomic E-state index is -0.223. The fourth-order valence-electron chi connectivity index (χ4n) is 2.48. The van der Waals surface area contributed by atoms with Crippen LogP contribution in [0.1, 0.15) is 5.89 Å². The molecule has 0 aliphatic rings. The van der Waals surface area contributed by atoms with Crippen LogP contribution in [0.25, 0.3) is 22.6 Å². The fraction of sp³-hybridized carbons (Fsp3) is 0.0526. The van der Waals surface area contributed by atoms with Gasteiger partial charge in [-0.25, -0.2) is 4.68 Å². The molecule has 0 unspecified atom stereocenters. The van der Waals surface area contributed by atoms with Gasteiger partial charge in [-0.1, -0.05) is 65.8 Å². The fourth-order valence-corrected chi connectivity index (χ4v) is 2.48. The highest BCUT2D eigenvalue weighted by Gasteiger charge is 2.11. The van der Waals surface area contributed by atoms with Crippen LogP contribution in [0.2, 0.25) is 0 Å². The van der Waals surface area contributed by atoms with E-state index in [0.717, 1.165) is 11.1 Å². The molecular formula is C19H14N4O2. The van der Waals surface area contributed by atoms with Gasteiger partial charge < -0.3 is 4.52 Å². The maximum Gasteiger partial charge on any atom is 0.267 e. The highest BCUT2D eigenvalue weighted by Crippen LogP contribution is 2.16. The van der Waals surface area contributed by atoms with Crippen molar-refractivity contribution in [3.63, 3.8) is 0 Å². The van der Waals surface area contributed by atoms with Crippen LogP contribution in [-0.2, 0) is 6.54 Å². The van der Waals surface area contributed by atoms with Gasteiger partial charge >= 0.3 is 0 Å². The first kappa shape index (κ1) is 15.0. The summed E-state index contributed by atoms with van der Waals surface area (Å²) in [5, 5.41) is 8.36. The predicted molar refractivity (Wildman–Crippen MR) is 92.8 cm³/mol. The molecule has 0 aliphatic heterocycles. The smallest absolute Gasteiger partial charge is 0.267 e. The van der Waals surface area contributed by atoms with Crippen molar-refractivity contribution in [2.45, 2.75) is 6.54 Å². The molecule has 0 atom stereocenters. The Morgan fingerprint density at radius 2 is 1.52 bits per heavy atom. The summed E-state index contributed by atoms with van der Waals surface area (Å²) in [5.74, 6) is 0.821. The molecule has 122 valence electrons. The molecular weight excluding hydrogens is 316 g/mol. The molecule has 0 fully saturated rings. The van der Waals surface area contributed by atoms with Crippen LogP contribution >= 0.6 is 0 Å². The van der Waals surface area contributed by atoms with Gasteiger partial charge in [-0.15, -0.1) is 0 Å². The standard InChI is InChI=1S/C19H14N4O2/c24-18-12-11-16(14-7-3-1-4-8-14)21-23(18)13-17-20-19(22-25-17)15-9-5-2-6-10-15/h1-12H,13H2. The Bertz CT molecular complexity index is 1040. The molecule has 6 heteroatoms. The molecule has 4 aromatic rings. The van der Waals surface area contributed by atoms with Gasteiger partial charge in [0.2, 0.25) is 11.7 Å². The third kappa shape index (κ3) is 3.23. The Hall–Kier alpha value is -3.54. The first-order valence-corrected chi connectivity index (χ1v) is 7.81. The van der Waals surface area contributed by atoms with Crippen molar-refractivity contribution >= 4 is 0 Å². The minimum Gasteiger partial charge on any atom is -0.337 e. The molecule has 0 amide bonds. The zero-order valence-electron chi connectivity index (χ0n) is 13.2. The van der Waals surface area contributed by atoms with Gasteiger partial charge in [0.1, 0.15) is 6.54 Å². The molecule has 0 bridgehead atoms. The van der Waals surface area contributed by atoms with Crippen molar-refractivity contribution in [2.24, 2.45) is 0 Å². The van der Waals surface area contributed by atoms with E-state index in [-0.39, 0.29) is 12.1 Å². The van der Waals surface area contributed by atoms with E-state index in [2.05, 4.69) is 15.2 Å². The molecule has 0 spiro atoms. The Morgan fingerprint density at radius 1 is 0.840 bits per heavy atom. The summed E-state index contributed by atoms with van der Waals surface area (Å²) in [4.78, 5) is 16.4. The van der Waals surface area contributed by atoms with Gasteiger partial charge in [0.05, 0.1) is 5.69 Å². The van der Waals surface area contributed by atoms with Crippen LogP contribution in [0.4, 0.5) is 0 Å². The molecule has 0 N–H and O–H groups in total. The van der Waals surface area contributed by atoms with E-state index in [0.29, 0.717) is 17.4 Å². The van der Waals surface area contributed by atoms with E-state index in [4.69, 9.17) is 4.52 Å². The zero-order chi connectivity index (χ0) is 17.1. The first-order valence-electron chi connectivity index (χ1n) is 7.81. The summed E-state index contributed by atoms with van der Waals surface area (Å²) in [7, 11) is 0. The van der Waals surface area contributed by atoms with Crippen molar-refractivity contribution in [1.29, 1.82) is 0 Å². The van der Waals surface area contributed by atoms with Crippen LogP contribution in [0, 0.1) is 0 Å². The average Bonchev–Trinajstić information content (AvgIpc) is 3.14. The summed E-state index contributed by atoms with van der Waals surface area (Å²) >= 11 is 0. The summed E-state index contributed by atoms with van der Waals surface area (Å²) < 4.78 is 6.59. The molecule has 0 saturated carbocycles. The van der Waals surface area contributed by atoms with Crippen LogP contribution in [0.15, 0.2) is 82.1 Å². The lowest BCUT2D eigenvalue weighted by Gasteiger charge is -2.04. The molecule has 2 heterocycles. The van der Waals surface area contributed by atoms with E-state index < -0.39 is 0 Å². The normalized spacial score (nSPS) is 10.7. The summed E-state index contributed by atoms with van der Waals surface area (Å²) in [6, 6.07) is 22.4. The van der Waals surface area contributed by atoms with Crippen LogP contribution < -0.4 is 5.56 Å². The highest BCUT2D eigenvalue weighted by molar-refractivity contribution is 5.57. The third-order valence-electron chi connectivity index (χ3n) is 3.72. The van der Waals surface area contributed by atoms with Gasteiger partial charge in [0, 0.05) is 17.2 Å². The second-order valence-corrected chi connectivity index (χ2v) is 5.46. The second-order valence-electron chi connectivity index (χ2n) is 5.46. The lowest BCUT2D eigenvalue weighted by atomic mass is 10.1. The van der Waals surface area contributed by atoms with Gasteiger partial charge in [-0.2, -0.15) is 10.1 Å². The molecule has 0 saturated heterocycles. The largest absolute Gasteiger partial charge is 0.337 e. The van der Waals surface area contributed by atoms with Crippen LogP contribution in [0.5, 0.6) is 0 Å². The van der Waals surface area contributed by atoms with Crippen molar-refractivity contribution in [2.75, 3.05) is 0 Å². The molecule has 2 aromatic carbocycles. The number of benzene rings is 2. The molecule has 25 heavy (non-hydrogen) atoms. The topological polar surface area (TPSA) is 73.8 Å². The van der Waals surface area contributed by atoms with Gasteiger partial charge in [-0.3, -0.25) is 4.79 Å². The third-order valence-corrected chi connectivity index (χ3v) is 3.72. The first-order chi connectivity index (χ1) is 12.3. The van der Waals surface area contributed by atoms with Crippen molar-refractivity contribution in [1.82, 2.24) is 19.9 Å². The lowest BCUT2D eigenvalue weighted by Crippen LogP contribution is -2.23. The van der Waals surface area contributed by atoms with E-state index >= 15 is 0 Å². The molecule has 0 aliphatic carbocycles. The van der Waals surface area contributed by atoms with Crippen LogP contribution in [-0.4, -0.2) is 19.9 Å². The van der Waals surface area contributed by atoms with E-state index in [1.807, 2.05) is 60.7 Å². The highest BCUT2D eigenvalue weighted by atomic mass is 16.5. The molecule has 0 radical (unpaired) electrons. The number of rotatable bonds is 4. The SMILES string of the molecule is O=c1ccc(-c2ccccc2)nn1Cc1nc(-c2ccccc2)no1. The Morgan fingerprint density at radius 3 is 2.24 bits per heavy atom. The van der Waals surface area contributed by atoms with Crippen molar-refractivity contribution < 1.29 is 4.52 Å². The average molecular weight is 330 g/mol. The van der Waals surface area contributed by atoms with Crippen molar-refractivity contribution in [3.05, 3.63) is 89.0 Å². The lowest BCUT2D eigenvalue weighted by molar-refractivity contribution is 0.363. The number of hydrogen-bond donors (Lipinski definition) is 0. The van der Waals surface area contributed by atoms with Crippen LogP contribution in [0.3, 0.4) is 0 Å². The Kier molecular flexibility index (Phi) is 3.92. The summed E-state index contributed by atoms with van der Waals surface area (Å²) in [5.41, 5.74) is 2.28. The summed E-state index contributed by atoms with van der Waals surface area (Å²) in [6.07, 6.45) is 0. The minimum absolute atomic E-state index is 0.124. The van der Waals surface area contributed by atoms with Crippen molar-refractivity contribution in [3.8, 4) is 22.6 Å². The molecule has 2 aromatic heterocycles. The van der Waals surface area contributed by atoms with E-state index in [9.17, 15) is 4.79 Å². The maximum absolute atomic E-state index is 12.1. The zero-order valence-corrected chi connectivity index (χ0v) is 13.2. The predicted octanol–water partition coefficient (Wildman–Crippen LogP) is 3.01. The maximum atomic E-state index is 12.1. The number of nitrogens with zero attached hydrogens (tertiary/aromatic N) is 4. The Labute approximate surface area is 143 Å². The van der Waals surface area contributed by atoms with Gasteiger partial charge in [0.15, 0.2) is 0 Å².